The van der Waals surface area contributed by atoms with Crippen molar-refractivity contribution in [2.75, 3.05) is 5.32 Å². The third-order valence-electron chi connectivity index (χ3n) is 3.33. The highest BCUT2D eigenvalue weighted by Crippen LogP contribution is 2.26. The van der Waals surface area contributed by atoms with Crippen LogP contribution < -0.4 is 10.5 Å². The van der Waals surface area contributed by atoms with Crippen LogP contribution in [0.5, 0.6) is 0 Å². The summed E-state index contributed by atoms with van der Waals surface area (Å²) in [5.74, 6) is -1.65. The fourth-order valence-electron chi connectivity index (χ4n) is 1.94. The van der Waals surface area contributed by atoms with Crippen LogP contribution in [-0.4, -0.2) is 26.4 Å². The van der Waals surface area contributed by atoms with E-state index in [1.807, 2.05) is 0 Å². The minimum Gasteiger partial charge on any atom is -0.449 e. The predicted molar refractivity (Wildman–Crippen MR) is 103 cm³/mol. The molecule has 144 valence electrons. The van der Waals surface area contributed by atoms with E-state index in [2.05, 4.69) is 5.32 Å². The standard InChI is InChI=1S/C16H13Cl3N2O5S/c1-8(15(22)21-14-5-2-9(17)6-13(14)19)26-16(23)11-7-10(27(20,24)25)3-4-12(11)18/h2-8H,1H3,(H,21,22)(H2,20,24,25). The number of carbonyl (C=O) groups excluding carboxylic acids is 2. The van der Waals surface area contributed by atoms with Crippen LogP contribution in [0.1, 0.15) is 17.3 Å². The molecule has 0 saturated heterocycles. The van der Waals surface area contributed by atoms with Gasteiger partial charge in [-0.15, -0.1) is 0 Å². The minimum absolute atomic E-state index is 0.0549. The van der Waals surface area contributed by atoms with Gasteiger partial charge in [-0.3, -0.25) is 4.79 Å². The Labute approximate surface area is 170 Å². The second-order valence-corrected chi connectivity index (χ2v) is 8.16. The number of esters is 1. The highest BCUT2D eigenvalue weighted by atomic mass is 35.5. The summed E-state index contributed by atoms with van der Waals surface area (Å²) in [6.45, 7) is 1.33. The van der Waals surface area contributed by atoms with Gasteiger partial charge in [-0.25, -0.2) is 18.4 Å². The van der Waals surface area contributed by atoms with Gasteiger partial charge >= 0.3 is 5.97 Å². The van der Waals surface area contributed by atoms with Crippen LogP contribution in [0.25, 0.3) is 0 Å². The normalized spacial score (nSPS) is 12.3. The lowest BCUT2D eigenvalue weighted by Gasteiger charge is -2.15. The van der Waals surface area contributed by atoms with E-state index in [0.29, 0.717) is 5.02 Å². The van der Waals surface area contributed by atoms with E-state index in [0.717, 1.165) is 12.1 Å². The largest absolute Gasteiger partial charge is 0.449 e. The summed E-state index contributed by atoms with van der Waals surface area (Å²) < 4.78 is 27.9. The van der Waals surface area contributed by atoms with E-state index in [-0.39, 0.29) is 26.2 Å². The van der Waals surface area contributed by atoms with Gasteiger partial charge in [0.25, 0.3) is 5.91 Å². The van der Waals surface area contributed by atoms with E-state index >= 15 is 0 Å². The number of sulfonamides is 1. The van der Waals surface area contributed by atoms with Crippen LogP contribution >= 0.6 is 34.8 Å². The van der Waals surface area contributed by atoms with Gasteiger partial charge in [-0.2, -0.15) is 0 Å². The number of rotatable bonds is 5. The molecule has 0 saturated carbocycles. The van der Waals surface area contributed by atoms with E-state index in [4.69, 9.17) is 44.7 Å². The van der Waals surface area contributed by atoms with Crippen molar-refractivity contribution in [1.29, 1.82) is 0 Å². The molecule has 1 atom stereocenters. The number of benzene rings is 2. The first-order valence-corrected chi connectivity index (χ1v) is 9.96. The van der Waals surface area contributed by atoms with Crippen molar-refractivity contribution in [3.63, 3.8) is 0 Å². The average Bonchev–Trinajstić information content (AvgIpc) is 2.56. The van der Waals surface area contributed by atoms with Gasteiger partial charge < -0.3 is 10.1 Å². The maximum absolute atomic E-state index is 12.3. The fraction of sp³-hybridized carbons (Fsp3) is 0.125. The molecule has 0 radical (unpaired) electrons. The van der Waals surface area contributed by atoms with Crippen molar-refractivity contribution in [2.24, 2.45) is 5.14 Å². The maximum Gasteiger partial charge on any atom is 0.340 e. The van der Waals surface area contributed by atoms with Crippen LogP contribution in [-0.2, 0) is 19.6 Å². The summed E-state index contributed by atoms with van der Waals surface area (Å²) >= 11 is 17.7. The minimum atomic E-state index is -4.04. The van der Waals surface area contributed by atoms with Crippen LogP contribution in [0.4, 0.5) is 5.69 Å². The van der Waals surface area contributed by atoms with Gasteiger partial charge in [0.2, 0.25) is 10.0 Å². The second kappa shape index (κ2) is 8.45. The smallest absolute Gasteiger partial charge is 0.340 e. The van der Waals surface area contributed by atoms with Crippen LogP contribution in [0.3, 0.4) is 0 Å². The van der Waals surface area contributed by atoms with Gasteiger partial charge in [-0.05, 0) is 43.3 Å². The summed E-state index contributed by atoms with van der Waals surface area (Å²) in [7, 11) is -4.04. The molecule has 2 aromatic carbocycles. The molecule has 7 nitrogen and oxygen atoms in total. The SMILES string of the molecule is CC(OC(=O)c1cc(S(N)(=O)=O)ccc1Cl)C(=O)Nc1ccc(Cl)cc1Cl. The first-order chi connectivity index (χ1) is 12.5. The Morgan fingerprint density at radius 2 is 1.74 bits per heavy atom. The van der Waals surface area contributed by atoms with E-state index in [9.17, 15) is 18.0 Å². The number of nitrogens with two attached hydrogens (primary N) is 1. The lowest BCUT2D eigenvalue weighted by Crippen LogP contribution is -2.30. The number of hydrogen-bond donors (Lipinski definition) is 2. The quantitative estimate of drug-likeness (QED) is 0.675. The number of nitrogens with one attached hydrogen (secondary N) is 1. The lowest BCUT2D eigenvalue weighted by molar-refractivity contribution is -0.123. The van der Waals surface area contributed by atoms with Crippen molar-refractivity contribution >= 4 is 62.4 Å². The molecule has 2 rings (SSSR count). The summed E-state index contributed by atoms with van der Waals surface area (Å²) in [6.07, 6.45) is -1.22. The van der Waals surface area contributed by atoms with E-state index in [1.54, 1.807) is 0 Å². The molecule has 1 unspecified atom stereocenters. The Morgan fingerprint density at radius 3 is 2.33 bits per heavy atom. The van der Waals surface area contributed by atoms with E-state index in [1.165, 1.54) is 31.2 Å². The molecule has 0 aromatic heterocycles. The van der Waals surface area contributed by atoms with Crippen LogP contribution in [0.2, 0.25) is 15.1 Å². The molecule has 0 fully saturated rings. The number of anilines is 1. The highest BCUT2D eigenvalue weighted by Gasteiger charge is 2.23. The van der Waals surface area contributed by atoms with Crippen molar-refractivity contribution in [2.45, 2.75) is 17.9 Å². The Balaban J connectivity index is 2.14. The fourth-order valence-corrected chi connectivity index (χ4v) is 3.13. The third kappa shape index (κ3) is 5.57. The molecule has 0 heterocycles. The molecule has 2 aromatic rings. The number of hydrogen-bond acceptors (Lipinski definition) is 5. The summed E-state index contributed by atoms with van der Waals surface area (Å²) in [5.41, 5.74) is 0.0376. The summed E-state index contributed by atoms with van der Waals surface area (Å²) in [4.78, 5) is 24.1. The first kappa shape index (κ1) is 21.5. The Morgan fingerprint density at radius 1 is 1.07 bits per heavy atom. The number of halogens is 3. The molecule has 0 spiro atoms. The van der Waals surface area contributed by atoms with Gasteiger partial charge in [0.05, 0.1) is 26.2 Å². The van der Waals surface area contributed by atoms with Crippen LogP contribution in [0, 0.1) is 0 Å². The Kier molecular flexibility index (Phi) is 6.72. The van der Waals surface area contributed by atoms with Crippen molar-refractivity contribution in [1.82, 2.24) is 0 Å². The lowest BCUT2D eigenvalue weighted by atomic mass is 10.2. The molecular formula is C16H13Cl3N2O5S. The molecule has 0 aliphatic rings. The van der Waals surface area contributed by atoms with Gasteiger partial charge in [0.1, 0.15) is 0 Å². The molecule has 27 heavy (non-hydrogen) atoms. The zero-order valence-electron chi connectivity index (χ0n) is 13.7. The van der Waals surface area contributed by atoms with Crippen molar-refractivity contribution < 1.29 is 22.7 Å². The van der Waals surface area contributed by atoms with Crippen LogP contribution in [0.15, 0.2) is 41.3 Å². The number of ether oxygens (including phenoxy) is 1. The number of primary sulfonamides is 1. The first-order valence-electron chi connectivity index (χ1n) is 7.28. The number of amides is 1. The molecule has 0 aliphatic heterocycles. The monoisotopic (exact) mass is 450 g/mol. The van der Waals surface area contributed by atoms with Crippen molar-refractivity contribution in [3.8, 4) is 0 Å². The number of carbonyl (C=O) groups is 2. The molecule has 11 heteroatoms. The zero-order valence-corrected chi connectivity index (χ0v) is 16.8. The molecule has 0 bridgehead atoms. The maximum atomic E-state index is 12.3. The van der Waals surface area contributed by atoms with Gasteiger partial charge in [0, 0.05) is 5.02 Å². The molecule has 0 aliphatic carbocycles. The second-order valence-electron chi connectivity index (χ2n) is 5.35. The third-order valence-corrected chi connectivity index (χ3v) is 5.12. The van der Waals surface area contributed by atoms with Gasteiger partial charge in [0.15, 0.2) is 6.10 Å². The Bertz CT molecular complexity index is 1010. The Hall–Kier alpha value is -1.84. The van der Waals surface area contributed by atoms with E-state index < -0.39 is 28.0 Å². The van der Waals surface area contributed by atoms with Crippen molar-refractivity contribution in [3.05, 3.63) is 57.0 Å². The average molecular weight is 452 g/mol. The summed E-state index contributed by atoms with van der Waals surface area (Å²) in [5, 5.41) is 8.06. The highest BCUT2D eigenvalue weighted by molar-refractivity contribution is 7.89. The zero-order chi connectivity index (χ0) is 20.4. The molecule has 1 amide bonds. The molecular weight excluding hydrogens is 439 g/mol. The topological polar surface area (TPSA) is 116 Å². The predicted octanol–water partition coefficient (Wildman–Crippen LogP) is 3.48. The summed E-state index contributed by atoms with van der Waals surface area (Å²) in [6, 6.07) is 7.76. The molecule has 3 N–H and O–H groups in total. The van der Waals surface area contributed by atoms with Gasteiger partial charge in [-0.1, -0.05) is 34.8 Å².